The molecule has 1 aromatic heterocycles. The Hall–Kier alpha value is -4.63. The molecule has 0 bridgehead atoms. The molecule has 0 aliphatic heterocycles. The number of carbonyl (C=O) groups excluding carboxylic acids is 2. The number of nitrogens with one attached hydrogen (secondary N) is 3. The number of hydroxylamine groups is 1. The van der Waals surface area contributed by atoms with Crippen molar-refractivity contribution in [2.45, 2.75) is 12.5 Å². The molecule has 37 heavy (non-hydrogen) atoms. The van der Waals surface area contributed by atoms with E-state index >= 15 is 0 Å². The summed E-state index contributed by atoms with van der Waals surface area (Å²) in [6, 6.07) is 18.2. The molecule has 3 aromatic carbocycles. The molecule has 4 rings (SSSR count). The Morgan fingerprint density at radius 2 is 1.86 bits per heavy atom. The topological polar surface area (TPSA) is 113 Å². The molecule has 0 aliphatic carbocycles. The maximum Gasteiger partial charge on any atom is 0.267 e. The third kappa shape index (κ3) is 6.33. The first-order valence-electron chi connectivity index (χ1n) is 11.5. The van der Waals surface area contributed by atoms with Crippen molar-refractivity contribution in [3.63, 3.8) is 0 Å². The first-order valence-corrected chi connectivity index (χ1v) is 11.5. The van der Waals surface area contributed by atoms with E-state index in [4.69, 9.17) is 14.7 Å². The van der Waals surface area contributed by atoms with Crippen molar-refractivity contribution in [3.05, 3.63) is 102 Å². The van der Waals surface area contributed by atoms with Crippen LogP contribution >= 0.6 is 0 Å². The van der Waals surface area contributed by atoms with Crippen molar-refractivity contribution in [2.24, 2.45) is 0 Å². The summed E-state index contributed by atoms with van der Waals surface area (Å²) in [5.74, 6) is -0.966. The van der Waals surface area contributed by atoms with Crippen LogP contribution in [0.3, 0.4) is 0 Å². The lowest BCUT2D eigenvalue weighted by atomic mass is 10.0. The minimum absolute atomic E-state index is 0.0490. The molecule has 8 nitrogen and oxygen atoms in total. The Kier molecular flexibility index (Phi) is 8.17. The highest BCUT2D eigenvalue weighted by atomic mass is 19.1. The van der Waals surface area contributed by atoms with E-state index in [-0.39, 0.29) is 12.2 Å². The van der Waals surface area contributed by atoms with Gasteiger partial charge in [0.25, 0.3) is 11.8 Å². The summed E-state index contributed by atoms with van der Waals surface area (Å²) in [6.45, 7) is 0.0815. The summed E-state index contributed by atoms with van der Waals surface area (Å²) >= 11 is 0. The van der Waals surface area contributed by atoms with Crippen LogP contribution in [0.15, 0.2) is 79.0 Å². The molecule has 190 valence electrons. The third-order valence-electron chi connectivity index (χ3n) is 5.76. The minimum Gasteiger partial charge on any atom is -0.493 e. The highest BCUT2D eigenvalue weighted by Crippen LogP contribution is 2.29. The molecule has 0 saturated carbocycles. The second-order valence-electron chi connectivity index (χ2n) is 8.24. The zero-order chi connectivity index (χ0) is 26.2. The fraction of sp³-hybridized carbons (Fsp3) is 0.143. The van der Waals surface area contributed by atoms with Gasteiger partial charge in [0.2, 0.25) is 0 Å². The third-order valence-corrected chi connectivity index (χ3v) is 5.76. The van der Waals surface area contributed by atoms with Crippen LogP contribution in [0, 0.1) is 5.82 Å². The summed E-state index contributed by atoms with van der Waals surface area (Å²) in [5.41, 5.74) is 4.08. The molecule has 0 unspecified atom stereocenters. The van der Waals surface area contributed by atoms with Gasteiger partial charge in [0.05, 0.1) is 18.7 Å². The van der Waals surface area contributed by atoms with Crippen molar-refractivity contribution in [3.8, 4) is 11.5 Å². The molecule has 9 heteroatoms. The quantitative estimate of drug-likeness (QED) is 0.147. The number of amides is 2. The van der Waals surface area contributed by atoms with Gasteiger partial charge in [-0.2, -0.15) is 0 Å². The SMILES string of the molecule is COc1cc(/C=C/C(=O)NO)ccc1OC[C@H](Cc1c[nH]c2ccccc12)NC(=O)c1ccccc1F. The number of fused-ring (bicyclic) bond motifs is 1. The van der Waals surface area contributed by atoms with Crippen LogP contribution in [-0.4, -0.2) is 41.8 Å². The van der Waals surface area contributed by atoms with Gasteiger partial charge in [-0.3, -0.25) is 14.8 Å². The molecule has 0 spiro atoms. The van der Waals surface area contributed by atoms with Gasteiger partial charge in [-0.15, -0.1) is 0 Å². The minimum atomic E-state index is -0.662. The Labute approximate surface area is 212 Å². The smallest absolute Gasteiger partial charge is 0.267 e. The van der Waals surface area contributed by atoms with Crippen LogP contribution in [-0.2, 0) is 11.2 Å². The molecule has 4 N–H and O–H groups in total. The van der Waals surface area contributed by atoms with Crippen LogP contribution in [0.2, 0.25) is 0 Å². The average Bonchev–Trinajstić information content (AvgIpc) is 3.33. The van der Waals surface area contributed by atoms with Gasteiger partial charge in [0.1, 0.15) is 12.4 Å². The van der Waals surface area contributed by atoms with Crippen LogP contribution in [0.5, 0.6) is 11.5 Å². The Bertz CT molecular complexity index is 1430. The summed E-state index contributed by atoms with van der Waals surface area (Å²) < 4.78 is 25.7. The van der Waals surface area contributed by atoms with Gasteiger partial charge in [-0.25, -0.2) is 9.87 Å². The summed E-state index contributed by atoms with van der Waals surface area (Å²) in [7, 11) is 1.49. The van der Waals surface area contributed by atoms with E-state index < -0.39 is 23.7 Å². The van der Waals surface area contributed by atoms with E-state index in [1.807, 2.05) is 30.5 Å². The number of hydrogen-bond donors (Lipinski definition) is 4. The number of H-pyrrole nitrogens is 1. The maximum absolute atomic E-state index is 14.2. The number of rotatable bonds is 10. The van der Waals surface area contributed by atoms with Crippen molar-refractivity contribution < 1.29 is 28.7 Å². The van der Waals surface area contributed by atoms with Gasteiger partial charge >= 0.3 is 0 Å². The number of aromatic nitrogens is 1. The lowest BCUT2D eigenvalue weighted by Crippen LogP contribution is -2.41. The predicted octanol–water partition coefficient (Wildman–Crippen LogP) is 4.25. The zero-order valence-electron chi connectivity index (χ0n) is 20.0. The standard InChI is InChI=1S/C28H26FN3O5/c1-36-26-14-18(11-13-27(33)32-35)10-12-25(26)37-17-20(31-28(34)22-7-2-4-8-23(22)29)15-19-16-30-24-9-5-3-6-21(19)24/h2-14,16,20,30,35H,15,17H2,1H3,(H,31,34)(H,32,33)/b13-11+/t20-/m0/s1. The number of benzene rings is 3. The lowest BCUT2D eigenvalue weighted by Gasteiger charge is -2.20. The number of methoxy groups -OCH3 is 1. The molecule has 2 amide bonds. The van der Waals surface area contributed by atoms with Gasteiger partial charge in [0, 0.05) is 23.2 Å². The first-order chi connectivity index (χ1) is 18.0. The Morgan fingerprint density at radius 1 is 1.08 bits per heavy atom. The molecular weight excluding hydrogens is 477 g/mol. The fourth-order valence-corrected chi connectivity index (χ4v) is 3.93. The summed E-state index contributed by atoms with van der Waals surface area (Å²) in [4.78, 5) is 27.4. The van der Waals surface area contributed by atoms with E-state index in [9.17, 15) is 14.0 Å². The Balaban J connectivity index is 1.55. The molecule has 1 heterocycles. The summed E-state index contributed by atoms with van der Waals surface area (Å²) in [6.07, 6.45) is 5.00. The van der Waals surface area contributed by atoms with E-state index in [2.05, 4.69) is 10.3 Å². The number of aromatic amines is 1. The molecule has 4 aromatic rings. The number of halogens is 1. The number of para-hydroxylation sites is 1. The molecule has 1 atom stereocenters. The summed E-state index contributed by atoms with van der Waals surface area (Å²) in [5, 5.41) is 12.6. The largest absolute Gasteiger partial charge is 0.493 e. The Morgan fingerprint density at radius 3 is 2.65 bits per heavy atom. The second-order valence-corrected chi connectivity index (χ2v) is 8.24. The van der Waals surface area contributed by atoms with Crippen molar-refractivity contribution in [1.29, 1.82) is 0 Å². The van der Waals surface area contributed by atoms with Crippen LogP contribution in [0.1, 0.15) is 21.5 Å². The second kappa shape index (κ2) is 11.9. The predicted molar refractivity (Wildman–Crippen MR) is 137 cm³/mol. The van der Waals surface area contributed by atoms with Gasteiger partial charge in [-0.1, -0.05) is 36.4 Å². The number of ether oxygens (including phenoxy) is 2. The molecule has 0 radical (unpaired) electrons. The van der Waals surface area contributed by atoms with Crippen molar-refractivity contribution in [2.75, 3.05) is 13.7 Å². The van der Waals surface area contributed by atoms with Crippen molar-refractivity contribution in [1.82, 2.24) is 15.8 Å². The molecule has 0 aliphatic rings. The molecular formula is C28H26FN3O5. The zero-order valence-corrected chi connectivity index (χ0v) is 20.0. The monoisotopic (exact) mass is 503 g/mol. The highest BCUT2D eigenvalue weighted by Gasteiger charge is 2.20. The van der Waals surface area contributed by atoms with Crippen molar-refractivity contribution >= 4 is 28.8 Å². The van der Waals surface area contributed by atoms with E-state index in [0.29, 0.717) is 23.5 Å². The van der Waals surface area contributed by atoms with E-state index in [1.54, 1.807) is 24.3 Å². The van der Waals surface area contributed by atoms with E-state index in [0.717, 1.165) is 16.5 Å². The molecule has 0 saturated heterocycles. The highest BCUT2D eigenvalue weighted by molar-refractivity contribution is 5.94. The van der Waals surface area contributed by atoms with E-state index in [1.165, 1.54) is 42.9 Å². The molecule has 0 fully saturated rings. The van der Waals surface area contributed by atoms with Crippen LogP contribution in [0.25, 0.3) is 17.0 Å². The normalized spacial score (nSPS) is 11.9. The fourth-order valence-electron chi connectivity index (χ4n) is 3.93. The average molecular weight is 504 g/mol. The maximum atomic E-state index is 14.2. The van der Waals surface area contributed by atoms with Crippen LogP contribution < -0.4 is 20.3 Å². The van der Waals surface area contributed by atoms with Gasteiger partial charge in [-0.05, 0) is 54.0 Å². The number of carbonyl (C=O) groups is 2. The number of hydrogen-bond acceptors (Lipinski definition) is 5. The van der Waals surface area contributed by atoms with Gasteiger partial charge in [0.15, 0.2) is 11.5 Å². The lowest BCUT2D eigenvalue weighted by molar-refractivity contribution is -0.124. The van der Waals surface area contributed by atoms with Gasteiger partial charge < -0.3 is 19.8 Å². The van der Waals surface area contributed by atoms with Crippen LogP contribution in [0.4, 0.5) is 4.39 Å². The first kappa shape index (κ1) is 25.5.